The molecule has 3 nitrogen and oxygen atoms in total. The third-order valence-electron chi connectivity index (χ3n) is 2.02. The molecule has 1 rings (SSSR count). The first-order valence-corrected chi connectivity index (χ1v) is 4.39. The molecule has 0 bridgehead atoms. The molecule has 3 heteroatoms. The number of anilines is 1. The average molecular weight is 180 g/mol. The van der Waals surface area contributed by atoms with Gasteiger partial charge in [0.05, 0.1) is 6.61 Å². The Labute approximate surface area is 78.8 Å². The van der Waals surface area contributed by atoms with Gasteiger partial charge in [0.25, 0.3) is 0 Å². The van der Waals surface area contributed by atoms with Crippen molar-refractivity contribution in [3.8, 4) is 0 Å². The van der Waals surface area contributed by atoms with Gasteiger partial charge in [-0.05, 0) is 17.7 Å². The zero-order valence-corrected chi connectivity index (χ0v) is 7.90. The van der Waals surface area contributed by atoms with Gasteiger partial charge in [-0.25, -0.2) is 0 Å². The molecule has 0 radical (unpaired) electrons. The fourth-order valence-electron chi connectivity index (χ4n) is 1.20. The van der Waals surface area contributed by atoms with Gasteiger partial charge in [-0.15, -0.1) is 0 Å². The maximum absolute atomic E-state index is 8.76. The lowest BCUT2D eigenvalue weighted by atomic mass is 10.2. The van der Waals surface area contributed by atoms with E-state index in [1.807, 2.05) is 36.2 Å². The highest BCUT2D eigenvalue weighted by Crippen LogP contribution is 2.13. The third kappa shape index (κ3) is 2.72. The monoisotopic (exact) mass is 180 g/mol. The summed E-state index contributed by atoms with van der Waals surface area (Å²) in [6.07, 6.45) is 0. The van der Waals surface area contributed by atoms with Crippen LogP contribution >= 0.6 is 0 Å². The molecule has 1 aromatic carbocycles. The molecule has 13 heavy (non-hydrogen) atoms. The Hall–Kier alpha value is -1.06. The van der Waals surface area contributed by atoms with Crippen LogP contribution < -0.4 is 10.6 Å². The number of hydrogen-bond donors (Lipinski definition) is 2. The largest absolute Gasteiger partial charge is 0.395 e. The molecule has 0 saturated heterocycles. The minimum Gasteiger partial charge on any atom is -0.395 e. The highest BCUT2D eigenvalue weighted by Gasteiger charge is 1.99. The molecule has 0 aliphatic carbocycles. The average Bonchev–Trinajstić information content (AvgIpc) is 2.18. The molecular formula is C10H16N2O. The Morgan fingerprint density at radius 3 is 2.85 bits per heavy atom. The number of hydrogen-bond acceptors (Lipinski definition) is 3. The zero-order valence-electron chi connectivity index (χ0n) is 7.90. The quantitative estimate of drug-likeness (QED) is 0.712. The second-order valence-electron chi connectivity index (χ2n) is 3.02. The number of aliphatic hydroxyl groups is 1. The van der Waals surface area contributed by atoms with Crippen LogP contribution in [0.25, 0.3) is 0 Å². The summed E-state index contributed by atoms with van der Waals surface area (Å²) in [6.45, 7) is 1.37. The summed E-state index contributed by atoms with van der Waals surface area (Å²) in [4.78, 5) is 2.00. The second kappa shape index (κ2) is 4.84. The lowest BCUT2D eigenvalue weighted by Gasteiger charge is -2.18. The molecular weight excluding hydrogens is 164 g/mol. The van der Waals surface area contributed by atoms with E-state index in [0.717, 1.165) is 11.3 Å². The van der Waals surface area contributed by atoms with Crippen LogP contribution in [0.15, 0.2) is 24.3 Å². The Morgan fingerprint density at radius 1 is 1.46 bits per heavy atom. The Balaban J connectivity index is 2.75. The molecule has 0 aliphatic heterocycles. The molecule has 72 valence electrons. The Morgan fingerprint density at radius 2 is 2.23 bits per heavy atom. The smallest absolute Gasteiger partial charge is 0.0606 e. The second-order valence-corrected chi connectivity index (χ2v) is 3.02. The highest BCUT2D eigenvalue weighted by molar-refractivity contribution is 5.47. The van der Waals surface area contributed by atoms with Crippen molar-refractivity contribution in [2.45, 2.75) is 6.54 Å². The maximum Gasteiger partial charge on any atom is 0.0606 e. The van der Waals surface area contributed by atoms with Crippen molar-refractivity contribution >= 4 is 5.69 Å². The van der Waals surface area contributed by atoms with Crippen molar-refractivity contribution in [3.63, 3.8) is 0 Å². The predicted octanol–water partition coefficient (Wildman–Crippen LogP) is 0.574. The standard InChI is InChI=1S/C10H16N2O/c1-12(5-6-13)10-4-2-3-9(7-10)8-11/h2-4,7,13H,5-6,8,11H2,1H3. The van der Waals surface area contributed by atoms with Gasteiger partial charge in [0.1, 0.15) is 0 Å². The van der Waals surface area contributed by atoms with Gasteiger partial charge >= 0.3 is 0 Å². The van der Waals surface area contributed by atoms with Crippen LogP contribution in [0.5, 0.6) is 0 Å². The van der Waals surface area contributed by atoms with E-state index in [0.29, 0.717) is 13.1 Å². The SMILES string of the molecule is CN(CCO)c1cccc(CN)c1. The molecule has 0 saturated carbocycles. The predicted molar refractivity (Wildman–Crippen MR) is 54.7 cm³/mol. The van der Waals surface area contributed by atoms with Gasteiger partial charge in [-0.3, -0.25) is 0 Å². The van der Waals surface area contributed by atoms with Crippen LogP contribution in [-0.4, -0.2) is 25.3 Å². The van der Waals surface area contributed by atoms with Crippen molar-refractivity contribution in [3.05, 3.63) is 29.8 Å². The molecule has 0 atom stereocenters. The van der Waals surface area contributed by atoms with Crippen LogP contribution in [0.4, 0.5) is 5.69 Å². The Kier molecular flexibility index (Phi) is 3.73. The van der Waals surface area contributed by atoms with Gasteiger partial charge in [0, 0.05) is 25.8 Å². The Bertz CT molecular complexity index is 263. The van der Waals surface area contributed by atoms with E-state index in [-0.39, 0.29) is 6.61 Å². The van der Waals surface area contributed by atoms with Crippen LogP contribution in [0.2, 0.25) is 0 Å². The lowest BCUT2D eigenvalue weighted by molar-refractivity contribution is 0.304. The molecule has 0 unspecified atom stereocenters. The zero-order chi connectivity index (χ0) is 9.68. The topological polar surface area (TPSA) is 49.5 Å². The minimum atomic E-state index is 0.170. The van der Waals surface area contributed by atoms with E-state index >= 15 is 0 Å². The fraction of sp³-hybridized carbons (Fsp3) is 0.400. The first kappa shape index (κ1) is 10.0. The fourth-order valence-corrected chi connectivity index (χ4v) is 1.20. The van der Waals surface area contributed by atoms with Crippen molar-refractivity contribution in [2.24, 2.45) is 5.73 Å². The van der Waals surface area contributed by atoms with Crippen LogP contribution in [0.3, 0.4) is 0 Å². The van der Waals surface area contributed by atoms with Crippen molar-refractivity contribution in [1.29, 1.82) is 0 Å². The third-order valence-corrected chi connectivity index (χ3v) is 2.02. The molecule has 0 aliphatic rings. The first-order chi connectivity index (χ1) is 6.27. The summed E-state index contributed by atoms with van der Waals surface area (Å²) in [6, 6.07) is 8.02. The maximum atomic E-state index is 8.76. The van der Waals surface area contributed by atoms with Crippen molar-refractivity contribution in [1.82, 2.24) is 0 Å². The molecule has 0 fully saturated rings. The van der Waals surface area contributed by atoms with E-state index in [4.69, 9.17) is 10.8 Å². The van der Waals surface area contributed by atoms with Gasteiger partial charge in [0.2, 0.25) is 0 Å². The summed E-state index contributed by atoms with van der Waals surface area (Å²) < 4.78 is 0. The molecule has 0 heterocycles. The summed E-state index contributed by atoms with van der Waals surface area (Å²) in [5.74, 6) is 0. The molecule has 0 aromatic heterocycles. The van der Waals surface area contributed by atoms with E-state index in [2.05, 4.69) is 0 Å². The van der Waals surface area contributed by atoms with Gasteiger partial charge in [-0.2, -0.15) is 0 Å². The summed E-state index contributed by atoms with van der Waals surface area (Å²) in [5.41, 5.74) is 7.73. The normalized spacial score (nSPS) is 10.1. The van der Waals surface area contributed by atoms with Gasteiger partial charge < -0.3 is 15.7 Å². The summed E-state index contributed by atoms with van der Waals surface area (Å²) in [5, 5.41) is 8.76. The van der Waals surface area contributed by atoms with Crippen LogP contribution in [-0.2, 0) is 6.54 Å². The number of benzene rings is 1. The van der Waals surface area contributed by atoms with E-state index in [1.54, 1.807) is 0 Å². The summed E-state index contributed by atoms with van der Waals surface area (Å²) in [7, 11) is 1.95. The van der Waals surface area contributed by atoms with E-state index < -0.39 is 0 Å². The van der Waals surface area contributed by atoms with E-state index in [9.17, 15) is 0 Å². The summed E-state index contributed by atoms with van der Waals surface area (Å²) >= 11 is 0. The number of likely N-dealkylation sites (N-methyl/N-ethyl adjacent to an activating group) is 1. The van der Waals surface area contributed by atoms with E-state index in [1.165, 1.54) is 0 Å². The highest BCUT2D eigenvalue weighted by atomic mass is 16.3. The molecule has 3 N–H and O–H groups in total. The molecule has 1 aromatic rings. The number of rotatable bonds is 4. The number of nitrogens with two attached hydrogens (primary N) is 1. The molecule has 0 spiro atoms. The molecule has 0 amide bonds. The lowest BCUT2D eigenvalue weighted by Crippen LogP contribution is -2.21. The minimum absolute atomic E-state index is 0.170. The number of nitrogens with zero attached hydrogens (tertiary/aromatic N) is 1. The van der Waals surface area contributed by atoms with Gasteiger partial charge in [-0.1, -0.05) is 12.1 Å². The van der Waals surface area contributed by atoms with Crippen LogP contribution in [0.1, 0.15) is 5.56 Å². The van der Waals surface area contributed by atoms with Gasteiger partial charge in [0.15, 0.2) is 0 Å². The van der Waals surface area contributed by atoms with Crippen molar-refractivity contribution in [2.75, 3.05) is 25.1 Å². The number of aliphatic hydroxyl groups excluding tert-OH is 1. The van der Waals surface area contributed by atoms with Crippen LogP contribution in [0, 0.1) is 0 Å². The first-order valence-electron chi connectivity index (χ1n) is 4.39. The van der Waals surface area contributed by atoms with Crippen molar-refractivity contribution < 1.29 is 5.11 Å².